The number of esters is 1. The number of ether oxygens (including phenoxy) is 2. The van der Waals surface area contributed by atoms with Crippen LogP contribution in [0.15, 0.2) is 24.3 Å². The van der Waals surface area contributed by atoms with Crippen molar-refractivity contribution in [2.24, 2.45) is 5.73 Å². The summed E-state index contributed by atoms with van der Waals surface area (Å²) in [5, 5.41) is 15.4. The molecule has 12 heteroatoms. The summed E-state index contributed by atoms with van der Waals surface area (Å²) in [5.74, 6) is -2.57. The number of phenols is 1. The van der Waals surface area contributed by atoms with E-state index in [1.807, 2.05) is 6.92 Å². The number of benzene rings is 1. The normalized spacial score (nSPS) is 13.0. The van der Waals surface area contributed by atoms with Gasteiger partial charge in [0.05, 0.1) is 13.0 Å². The third kappa shape index (κ3) is 11.1. The summed E-state index contributed by atoms with van der Waals surface area (Å²) >= 11 is 0. The standard InChI is InChI=1S/C28H44N4O8/c1-8-28(6,7)32(25(37)20(13-14-21(29)34)31-26(38)40-27(3,4)5)23(18-11-10-12-19(33)17-18)24(36)30-16-15-22(35)39-9-2/h10-12,17,20,23,33H,8-9,13-16H2,1-7H3,(H2,29,34)(H,30,36)(H,31,38). The number of amides is 4. The maximum atomic E-state index is 14.2. The third-order valence-corrected chi connectivity index (χ3v) is 6.05. The Hall–Kier alpha value is -3.83. The summed E-state index contributed by atoms with van der Waals surface area (Å²) in [6.45, 7) is 12.2. The highest BCUT2D eigenvalue weighted by Gasteiger charge is 2.43. The molecule has 5 N–H and O–H groups in total. The molecule has 0 bridgehead atoms. The van der Waals surface area contributed by atoms with Crippen molar-refractivity contribution >= 4 is 29.8 Å². The molecule has 0 heterocycles. The number of hydrogen-bond acceptors (Lipinski definition) is 8. The molecule has 0 aliphatic carbocycles. The minimum Gasteiger partial charge on any atom is -0.508 e. The molecule has 0 aromatic heterocycles. The van der Waals surface area contributed by atoms with Gasteiger partial charge in [-0.25, -0.2) is 4.79 Å². The van der Waals surface area contributed by atoms with E-state index in [1.165, 1.54) is 23.1 Å². The Morgan fingerprint density at radius 2 is 1.70 bits per heavy atom. The lowest BCUT2D eigenvalue weighted by atomic mass is 9.91. The minimum atomic E-state index is -1.27. The van der Waals surface area contributed by atoms with Gasteiger partial charge < -0.3 is 35.8 Å². The van der Waals surface area contributed by atoms with E-state index in [0.717, 1.165) is 0 Å². The SMILES string of the molecule is CCOC(=O)CCNC(=O)C(c1cccc(O)c1)N(C(=O)C(CCC(N)=O)NC(=O)OC(C)(C)C)C(C)(C)CC. The zero-order chi connectivity index (χ0) is 30.7. The lowest BCUT2D eigenvalue weighted by molar-refractivity contribution is -0.150. The van der Waals surface area contributed by atoms with Crippen molar-refractivity contribution in [3.05, 3.63) is 29.8 Å². The van der Waals surface area contributed by atoms with Crippen LogP contribution < -0.4 is 16.4 Å². The van der Waals surface area contributed by atoms with Crippen molar-refractivity contribution in [1.82, 2.24) is 15.5 Å². The molecular weight excluding hydrogens is 520 g/mol. The van der Waals surface area contributed by atoms with Gasteiger partial charge in [-0.2, -0.15) is 0 Å². The molecule has 12 nitrogen and oxygen atoms in total. The minimum absolute atomic E-state index is 0.0527. The molecule has 0 spiro atoms. The number of alkyl carbamates (subject to hydrolysis) is 1. The van der Waals surface area contributed by atoms with E-state index in [2.05, 4.69) is 10.6 Å². The van der Waals surface area contributed by atoms with E-state index < -0.39 is 53.0 Å². The Kier molecular flexibility index (Phi) is 12.9. The molecule has 1 aromatic carbocycles. The zero-order valence-corrected chi connectivity index (χ0v) is 24.5. The molecule has 1 rings (SSSR count). The van der Waals surface area contributed by atoms with Crippen molar-refractivity contribution in [3.63, 3.8) is 0 Å². The number of nitrogens with one attached hydrogen (secondary N) is 2. The van der Waals surface area contributed by atoms with Crippen molar-refractivity contribution in [1.29, 1.82) is 0 Å². The van der Waals surface area contributed by atoms with E-state index in [0.29, 0.717) is 12.0 Å². The van der Waals surface area contributed by atoms with Gasteiger partial charge in [0.2, 0.25) is 17.7 Å². The largest absolute Gasteiger partial charge is 0.508 e. The van der Waals surface area contributed by atoms with E-state index in [-0.39, 0.29) is 38.2 Å². The predicted octanol–water partition coefficient (Wildman–Crippen LogP) is 2.68. The highest BCUT2D eigenvalue weighted by atomic mass is 16.6. The van der Waals surface area contributed by atoms with Crippen LogP contribution in [0.1, 0.15) is 85.8 Å². The summed E-state index contributed by atoms with van der Waals surface area (Å²) < 4.78 is 10.2. The number of carbonyl (C=O) groups excluding carboxylic acids is 5. The number of aromatic hydroxyl groups is 1. The first-order valence-corrected chi connectivity index (χ1v) is 13.4. The number of phenolic OH excluding ortho intramolecular Hbond substituents is 1. The Morgan fingerprint density at radius 3 is 2.23 bits per heavy atom. The molecule has 1 aromatic rings. The fourth-order valence-electron chi connectivity index (χ4n) is 3.84. The monoisotopic (exact) mass is 564 g/mol. The second-order valence-corrected chi connectivity index (χ2v) is 10.9. The zero-order valence-electron chi connectivity index (χ0n) is 24.5. The van der Waals surface area contributed by atoms with Crippen molar-refractivity contribution < 1.29 is 38.6 Å². The number of primary amides is 1. The average molecular weight is 565 g/mol. The summed E-state index contributed by atoms with van der Waals surface area (Å²) in [6, 6.07) is 3.38. The highest BCUT2D eigenvalue weighted by Crippen LogP contribution is 2.33. The molecule has 0 saturated carbocycles. The molecule has 0 radical (unpaired) electrons. The van der Waals surface area contributed by atoms with Crippen LogP contribution >= 0.6 is 0 Å². The Bertz CT molecular complexity index is 1050. The first kappa shape index (κ1) is 34.2. The van der Waals surface area contributed by atoms with Gasteiger partial charge in [0.25, 0.3) is 0 Å². The first-order chi connectivity index (χ1) is 18.5. The van der Waals surface area contributed by atoms with Crippen LogP contribution in [0.4, 0.5) is 4.79 Å². The van der Waals surface area contributed by atoms with Gasteiger partial charge in [0.15, 0.2) is 0 Å². The van der Waals surface area contributed by atoms with Gasteiger partial charge in [-0.1, -0.05) is 19.1 Å². The number of nitrogens with two attached hydrogens (primary N) is 1. The lowest BCUT2D eigenvalue weighted by Gasteiger charge is -2.44. The fourth-order valence-corrected chi connectivity index (χ4v) is 3.84. The fraction of sp³-hybridized carbons (Fsp3) is 0.607. The molecule has 2 unspecified atom stereocenters. The maximum absolute atomic E-state index is 14.2. The van der Waals surface area contributed by atoms with Crippen LogP contribution in [-0.2, 0) is 28.7 Å². The predicted molar refractivity (Wildman–Crippen MR) is 148 cm³/mol. The van der Waals surface area contributed by atoms with E-state index in [1.54, 1.807) is 47.6 Å². The van der Waals surface area contributed by atoms with Gasteiger partial charge in [-0.3, -0.25) is 19.2 Å². The maximum Gasteiger partial charge on any atom is 0.408 e. The van der Waals surface area contributed by atoms with Crippen molar-refractivity contribution in [2.75, 3.05) is 13.2 Å². The van der Waals surface area contributed by atoms with Crippen LogP contribution in [0.25, 0.3) is 0 Å². The molecule has 40 heavy (non-hydrogen) atoms. The van der Waals surface area contributed by atoms with Gasteiger partial charge >= 0.3 is 12.1 Å². The summed E-state index contributed by atoms with van der Waals surface area (Å²) in [7, 11) is 0. The van der Waals surface area contributed by atoms with E-state index in [9.17, 15) is 29.1 Å². The molecule has 0 aliphatic heterocycles. The molecular formula is C28H44N4O8. The molecule has 224 valence electrons. The van der Waals surface area contributed by atoms with Crippen molar-refractivity contribution in [2.45, 2.75) is 97.4 Å². The summed E-state index contributed by atoms with van der Waals surface area (Å²) in [6.07, 6.45) is -0.911. The quantitative estimate of drug-likeness (QED) is 0.249. The topological polar surface area (TPSA) is 177 Å². The van der Waals surface area contributed by atoms with Crippen LogP contribution in [0.2, 0.25) is 0 Å². The number of carbonyl (C=O) groups is 5. The van der Waals surface area contributed by atoms with Gasteiger partial charge in [-0.15, -0.1) is 0 Å². The molecule has 2 atom stereocenters. The van der Waals surface area contributed by atoms with Gasteiger partial charge in [0.1, 0.15) is 23.4 Å². The van der Waals surface area contributed by atoms with Crippen LogP contribution in [-0.4, -0.2) is 70.1 Å². The number of rotatable bonds is 14. The molecule has 4 amide bonds. The molecule has 0 saturated heterocycles. The Morgan fingerprint density at radius 1 is 1.05 bits per heavy atom. The van der Waals surface area contributed by atoms with Gasteiger partial charge in [-0.05, 0) is 72.1 Å². The number of hydrogen-bond donors (Lipinski definition) is 4. The lowest BCUT2D eigenvalue weighted by Crippen LogP contribution is -2.59. The Balaban J connectivity index is 3.57. The second-order valence-electron chi connectivity index (χ2n) is 10.9. The first-order valence-electron chi connectivity index (χ1n) is 13.4. The highest BCUT2D eigenvalue weighted by molar-refractivity contribution is 5.93. The van der Waals surface area contributed by atoms with Gasteiger partial charge in [0, 0.05) is 18.5 Å². The average Bonchev–Trinajstić information content (AvgIpc) is 2.83. The molecule has 0 fully saturated rings. The van der Waals surface area contributed by atoms with Crippen LogP contribution in [0.3, 0.4) is 0 Å². The van der Waals surface area contributed by atoms with Crippen LogP contribution in [0.5, 0.6) is 5.75 Å². The third-order valence-electron chi connectivity index (χ3n) is 6.05. The van der Waals surface area contributed by atoms with Crippen molar-refractivity contribution in [3.8, 4) is 5.75 Å². The summed E-state index contributed by atoms with van der Waals surface area (Å²) in [4.78, 5) is 65.3. The van der Waals surface area contributed by atoms with E-state index in [4.69, 9.17) is 15.2 Å². The van der Waals surface area contributed by atoms with E-state index >= 15 is 0 Å². The van der Waals surface area contributed by atoms with Crippen LogP contribution in [0, 0.1) is 0 Å². The number of nitrogens with zero attached hydrogens (tertiary/aromatic N) is 1. The smallest absolute Gasteiger partial charge is 0.408 e. The Labute approximate surface area is 235 Å². The second kappa shape index (κ2) is 15.1. The summed E-state index contributed by atoms with van der Waals surface area (Å²) in [5.41, 5.74) is 3.83. The molecule has 0 aliphatic rings.